The van der Waals surface area contributed by atoms with Gasteiger partial charge in [0.15, 0.2) is 0 Å². The molecule has 29 heavy (non-hydrogen) atoms. The van der Waals surface area contributed by atoms with Gasteiger partial charge in [-0.15, -0.1) is 0 Å². The summed E-state index contributed by atoms with van der Waals surface area (Å²) in [7, 11) is 0. The Bertz CT molecular complexity index is 808. The van der Waals surface area contributed by atoms with E-state index in [9.17, 15) is 4.79 Å². The van der Waals surface area contributed by atoms with Gasteiger partial charge in [0.25, 0.3) is 0 Å². The topological polar surface area (TPSA) is 29.5 Å². The first-order chi connectivity index (χ1) is 13.8. The standard InChI is InChI=1S/C26H33NO2/c1-25(2)18-11-19-26(3,4)27(25)20-23(22-14-9-6-10-15-22)29-24(28)17-16-21-12-7-5-8-13-21/h5-10,12-17,23H,11,18-20H2,1-4H3/b17-16+. The molecule has 1 aliphatic rings. The molecule has 2 aromatic rings. The van der Waals surface area contributed by atoms with Crippen LogP contribution >= 0.6 is 0 Å². The lowest BCUT2D eigenvalue weighted by molar-refractivity contribution is -0.148. The number of carbonyl (C=O) groups is 1. The molecule has 0 radical (unpaired) electrons. The summed E-state index contributed by atoms with van der Waals surface area (Å²) < 4.78 is 5.98. The molecule has 1 heterocycles. The first kappa shape index (κ1) is 21.3. The maximum absolute atomic E-state index is 12.6. The number of nitrogens with zero attached hydrogens (tertiary/aromatic N) is 1. The zero-order valence-corrected chi connectivity index (χ0v) is 18.1. The molecule has 0 aliphatic carbocycles. The van der Waals surface area contributed by atoms with E-state index >= 15 is 0 Å². The van der Waals surface area contributed by atoms with Gasteiger partial charge >= 0.3 is 5.97 Å². The normalized spacial score (nSPS) is 19.7. The van der Waals surface area contributed by atoms with Crippen molar-refractivity contribution in [2.75, 3.05) is 6.54 Å². The predicted molar refractivity (Wildman–Crippen MR) is 119 cm³/mol. The Kier molecular flexibility index (Phi) is 6.59. The summed E-state index contributed by atoms with van der Waals surface area (Å²) in [5.74, 6) is -0.310. The number of ether oxygens (including phenoxy) is 1. The third-order valence-corrected chi connectivity index (χ3v) is 6.03. The van der Waals surface area contributed by atoms with Gasteiger partial charge in [0.1, 0.15) is 6.10 Å². The van der Waals surface area contributed by atoms with Gasteiger partial charge in [-0.05, 0) is 64.2 Å². The fourth-order valence-corrected chi connectivity index (χ4v) is 4.49. The van der Waals surface area contributed by atoms with Crippen molar-refractivity contribution in [3.05, 3.63) is 77.9 Å². The highest BCUT2D eigenvalue weighted by Gasteiger charge is 2.42. The van der Waals surface area contributed by atoms with Gasteiger partial charge in [0.2, 0.25) is 0 Å². The first-order valence-electron chi connectivity index (χ1n) is 10.5. The number of carbonyl (C=O) groups excluding carboxylic acids is 1. The van der Waals surface area contributed by atoms with Crippen LogP contribution in [0.3, 0.4) is 0 Å². The van der Waals surface area contributed by atoms with E-state index in [-0.39, 0.29) is 23.2 Å². The zero-order valence-electron chi connectivity index (χ0n) is 18.1. The average molecular weight is 392 g/mol. The Morgan fingerprint density at radius 3 is 2.10 bits per heavy atom. The first-order valence-corrected chi connectivity index (χ1v) is 10.5. The van der Waals surface area contributed by atoms with Gasteiger partial charge in [-0.1, -0.05) is 60.7 Å². The Labute approximate surface area is 175 Å². The Balaban J connectivity index is 1.80. The summed E-state index contributed by atoms with van der Waals surface area (Å²) in [6.45, 7) is 9.88. The van der Waals surface area contributed by atoms with E-state index in [1.54, 1.807) is 6.08 Å². The van der Waals surface area contributed by atoms with Crippen LogP contribution in [0, 0.1) is 0 Å². The monoisotopic (exact) mass is 391 g/mol. The molecule has 1 fully saturated rings. The molecular formula is C26H33NO2. The van der Waals surface area contributed by atoms with Crippen molar-refractivity contribution in [3.63, 3.8) is 0 Å². The fourth-order valence-electron chi connectivity index (χ4n) is 4.49. The number of benzene rings is 2. The predicted octanol–water partition coefficient (Wildman–Crippen LogP) is 6.03. The molecule has 1 aliphatic heterocycles. The van der Waals surface area contributed by atoms with Crippen molar-refractivity contribution in [2.45, 2.75) is 64.1 Å². The summed E-state index contributed by atoms with van der Waals surface area (Å²) >= 11 is 0. The molecule has 1 atom stereocenters. The molecule has 2 aromatic carbocycles. The summed E-state index contributed by atoms with van der Waals surface area (Å²) in [6.07, 6.45) is 6.56. The smallest absolute Gasteiger partial charge is 0.331 e. The summed E-state index contributed by atoms with van der Waals surface area (Å²) in [5, 5.41) is 0. The third kappa shape index (κ3) is 5.57. The molecular weight excluding hydrogens is 358 g/mol. The number of hydrogen-bond acceptors (Lipinski definition) is 3. The molecule has 3 nitrogen and oxygen atoms in total. The number of likely N-dealkylation sites (tertiary alicyclic amines) is 1. The van der Waals surface area contributed by atoms with Crippen LogP contribution in [0.5, 0.6) is 0 Å². The van der Waals surface area contributed by atoms with E-state index in [2.05, 4.69) is 32.6 Å². The Morgan fingerprint density at radius 1 is 0.966 bits per heavy atom. The molecule has 154 valence electrons. The molecule has 1 saturated heterocycles. The molecule has 0 saturated carbocycles. The maximum atomic E-state index is 12.6. The molecule has 3 rings (SSSR count). The number of piperidine rings is 1. The SMILES string of the molecule is CC1(C)CCCC(C)(C)N1CC(OC(=O)/C=C/c1ccccc1)c1ccccc1. The van der Waals surface area contributed by atoms with Gasteiger partial charge in [-0.2, -0.15) is 0 Å². The molecule has 0 N–H and O–H groups in total. The van der Waals surface area contributed by atoms with Gasteiger partial charge in [-0.3, -0.25) is 4.90 Å². The van der Waals surface area contributed by atoms with Crippen LogP contribution in [0.4, 0.5) is 0 Å². The van der Waals surface area contributed by atoms with E-state index in [1.807, 2.05) is 60.7 Å². The minimum absolute atomic E-state index is 0.0705. The average Bonchev–Trinajstić information content (AvgIpc) is 2.69. The van der Waals surface area contributed by atoms with Gasteiger partial charge in [-0.25, -0.2) is 4.79 Å². The number of hydrogen-bond donors (Lipinski definition) is 0. The molecule has 0 amide bonds. The van der Waals surface area contributed by atoms with Crippen molar-refractivity contribution in [3.8, 4) is 0 Å². The lowest BCUT2D eigenvalue weighted by atomic mass is 9.79. The lowest BCUT2D eigenvalue weighted by Gasteiger charge is -2.53. The van der Waals surface area contributed by atoms with Crippen LogP contribution in [0.2, 0.25) is 0 Å². The molecule has 0 aromatic heterocycles. The lowest BCUT2D eigenvalue weighted by Crippen LogP contribution is -2.59. The highest BCUT2D eigenvalue weighted by molar-refractivity contribution is 5.87. The second-order valence-electron chi connectivity index (χ2n) is 9.17. The molecule has 0 bridgehead atoms. The van der Waals surface area contributed by atoms with Gasteiger partial charge < -0.3 is 4.74 Å². The second kappa shape index (κ2) is 8.96. The Hall–Kier alpha value is -2.39. The number of rotatable bonds is 6. The molecule has 0 spiro atoms. The highest BCUT2D eigenvalue weighted by Crippen LogP contribution is 2.39. The van der Waals surface area contributed by atoms with Crippen LogP contribution in [0.1, 0.15) is 64.2 Å². The fraction of sp³-hybridized carbons (Fsp3) is 0.423. The highest BCUT2D eigenvalue weighted by atomic mass is 16.5. The van der Waals surface area contributed by atoms with E-state index in [4.69, 9.17) is 4.74 Å². The molecule has 3 heteroatoms. The van der Waals surface area contributed by atoms with Crippen molar-refractivity contribution in [1.29, 1.82) is 0 Å². The Morgan fingerprint density at radius 2 is 1.52 bits per heavy atom. The minimum atomic E-state index is -0.310. The van der Waals surface area contributed by atoms with Gasteiger partial charge in [0, 0.05) is 23.7 Å². The van der Waals surface area contributed by atoms with Crippen LogP contribution < -0.4 is 0 Å². The van der Waals surface area contributed by atoms with E-state index in [1.165, 1.54) is 12.5 Å². The summed E-state index contributed by atoms with van der Waals surface area (Å²) in [6, 6.07) is 19.9. The van der Waals surface area contributed by atoms with E-state index in [0.29, 0.717) is 6.54 Å². The van der Waals surface area contributed by atoms with Crippen LogP contribution in [0.25, 0.3) is 6.08 Å². The molecule has 1 unspecified atom stereocenters. The van der Waals surface area contributed by atoms with Crippen molar-refractivity contribution < 1.29 is 9.53 Å². The zero-order chi connectivity index (χ0) is 20.9. The number of esters is 1. The third-order valence-electron chi connectivity index (χ3n) is 6.03. The van der Waals surface area contributed by atoms with Crippen molar-refractivity contribution >= 4 is 12.0 Å². The van der Waals surface area contributed by atoms with Gasteiger partial charge in [0.05, 0.1) is 0 Å². The van der Waals surface area contributed by atoms with E-state index in [0.717, 1.165) is 24.0 Å². The van der Waals surface area contributed by atoms with Crippen molar-refractivity contribution in [2.24, 2.45) is 0 Å². The minimum Gasteiger partial charge on any atom is -0.453 e. The summed E-state index contributed by atoms with van der Waals surface area (Å²) in [5.41, 5.74) is 2.16. The van der Waals surface area contributed by atoms with E-state index < -0.39 is 0 Å². The van der Waals surface area contributed by atoms with Crippen LogP contribution in [-0.4, -0.2) is 28.5 Å². The second-order valence-corrected chi connectivity index (χ2v) is 9.17. The van der Waals surface area contributed by atoms with Crippen LogP contribution in [-0.2, 0) is 9.53 Å². The van der Waals surface area contributed by atoms with Crippen molar-refractivity contribution in [1.82, 2.24) is 4.90 Å². The quantitative estimate of drug-likeness (QED) is 0.445. The van der Waals surface area contributed by atoms with Crippen LogP contribution in [0.15, 0.2) is 66.7 Å². The maximum Gasteiger partial charge on any atom is 0.331 e. The largest absolute Gasteiger partial charge is 0.453 e. The summed E-state index contributed by atoms with van der Waals surface area (Å²) in [4.78, 5) is 15.2.